The summed E-state index contributed by atoms with van der Waals surface area (Å²) in [7, 11) is 1.38. The fraction of sp³-hybridized carbons (Fsp3) is 0.562. The molecule has 19 heavy (non-hydrogen) atoms. The van der Waals surface area contributed by atoms with E-state index >= 15 is 0 Å². The van der Waals surface area contributed by atoms with Crippen LogP contribution >= 0.6 is 0 Å². The summed E-state index contributed by atoms with van der Waals surface area (Å²) in [5, 5.41) is 0. The standard InChI is InChI=1S/C16H24O3/c1-3-4-5-6-7-8-13-19-15-11-9-14(10-12-15)16(17)18-2/h9-12H,3-8,13H2,1-2H3. The molecule has 0 aliphatic heterocycles. The van der Waals surface area contributed by atoms with Gasteiger partial charge in [0, 0.05) is 0 Å². The van der Waals surface area contributed by atoms with Crippen LogP contribution in [0.3, 0.4) is 0 Å². The maximum Gasteiger partial charge on any atom is 0.337 e. The fourth-order valence-corrected chi connectivity index (χ4v) is 1.88. The maximum absolute atomic E-state index is 11.2. The van der Waals surface area contributed by atoms with Gasteiger partial charge in [0.25, 0.3) is 0 Å². The largest absolute Gasteiger partial charge is 0.494 e. The number of methoxy groups -OCH3 is 1. The van der Waals surface area contributed by atoms with Crippen molar-refractivity contribution in [3.63, 3.8) is 0 Å². The maximum atomic E-state index is 11.2. The number of unbranched alkanes of at least 4 members (excludes halogenated alkanes) is 5. The Kier molecular flexibility index (Phi) is 7.71. The minimum Gasteiger partial charge on any atom is -0.494 e. The lowest BCUT2D eigenvalue weighted by Crippen LogP contribution is -2.01. The zero-order valence-electron chi connectivity index (χ0n) is 12.0. The molecule has 1 rings (SSSR count). The van der Waals surface area contributed by atoms with Crippen LogP contribution in [0.25, 0.3) is 0 Å². The number of ether oxygens (including phenoxy) is 2. The summed E-state index contributed by atoms with van der Waals surface area (Å²) in [5.74, 6) is 0.490. The molecule has 0 aromatic heterocycles. The van der Waals surface area contributed by atoms with E-state index in [1.165, 1.54) is 39.2 Å². The molecule has 0 unspecified atom stereocenters. The Balaban J connectivity index is 2.18. The molecule has 0 radical (unpaired) electrons. The van der Waals surface area contributed by atoms with E-state index in [-0.39, 0.29) is 5.97 Å². The van der Waals surface area contributed by atoms with Crippen LogP contribution in [0.15, 0.2) is 24.3 Å². The van der Waals surface area contributed by atoms with E-state index in [0.29, 0.717) is 5.56 Å². The fourth-order valence-electron chi connectivity index (χ4n) is 1.88. The van der Waals surface area contributed by atoms with Crippen molar-refractivity contribution in [2.45, 2.75) is 45.4 Å². The Morgan fingerprint density at radius 2 is 1.63 bits per heavy atom. The molecule has 0 spiro atoms. The van der Waals surface area contributed by atoms with Gasteiger partial charge in [-0.2, -0.15) is 0 Å². The molecule has 3 nitrogen and oxygen atoms in total. The number of carbonyl (C=O) groups excluding carboxylic acids is 1. The molecule has 0 saturated heterocycles. The van der Waals surface area contributed by atoms with E-state index in [1.54, 1.807) is 12.1 Å². The van der Waals surface area contributed by atoms with E-state index in [4.69, 9.17) is 4.74 Å². The Morgan fingerprint density at radius 1 is 1.00 bits per heavy atom. The smallest absolute Gasteiger partial charge is 0.337 e. The van der Waals surface area contributed by atoms with Crippen molar-refractivity contribution in [2.24, 2.45) is 0 Å². The van der Waals surface area contributed by atoms with E-state index in [1.807, 2.05) is 12.1 Å². The molecule has 0 bridgehead atoms. The average molecular weight is 264 g/mol. The highest BCUT2D eigenvalue weighted by Gasteiger charge is 2.04. The first-order valence-electron chi connectivity index (χ1n) is 7.09. The van der Waals surface area contributed by atoms with Gasteiger partial charge < -0.3 is 9.47 Å². The van der Waals surface area contributed by atoms with E-state index in [0.717, 1.165) is 18.8 Å². The Labute approximate surface area is 115 Å². The van der Waals surface area contributed by atoms with Gasteiger partial charge in [-0.3, -0.25) is 0 Å². The minimum atomic E-state index is -0.317. The lowest BCUT2D eigenvalue weighted by Gasteiger charge is -2.06. The first-order chi connectivity index (χ1) is 9.27. The molecule has 1 aromatic carbocycles. The number of carbonyl (C=O) groups is 1. The minimum absolute atomic E-state index is 0.317. The van der Waals surface area contributed by atoms with Crippen molar-refractivity contribution < 1.29 is 14.3 Å². The quantitative estimate of drug-likeness (QED) is 0.495. The van der Waals surface area contributed by atoms with Gasteiger partial charge in [0.05, 0.1) is 19.3 Å². The zero-order valence-corrected chi connectivity index (χ0v) is 12.0. The van der Waals surface area contributed by atoms with Crippen LogP contribution in [-0.4, -0.2) is 19.7 Å². The molecular weight excluding hydrogens is 240 g/mol. The topological polar surface area (TPSA) is 35.5 Å². The van der Waals surface area contributed by atoms with Crippen LogP contribution in [0, 0.1) is 0 Å². The van der Waals surface area contributed by atoms with Crippen LogP contribution in [0.1, 0.15) is 55.8 Å². The molecule has 0 atom stereocenters. The van der Waals surface area contributed by atoms with Gasteiger partial charge in [-0.15, -0.1) is 0 Å². The number of hydrogen-bond acceptors (Lipinski definition) is 3. The first-order valence-corrected chi connectivity index (χ1v) is 7.09. The molecule has 0 fully saturated rings. The number of esters is 1. The third-order valence-electron chi connectivity index (χ3n) is 3.04. The number of benzene rings is 1. The SMILES string of the molecule is CCCCCCCCOc1ccc(C(=O)OC)cc1. The van der Waals surface area contributed by atoms with Gasteiger partial charge >= 0.3 is 5.97 Å². The lowest BCUT2D eigenvalue weighted by atomic mass is 10.1. The predicted molar refractivity (Wildman–Crippen MR) is 76.7 cm³/mol. The third kappa shape index (κ3) is 6.27. The molecule has 3 heteroatoms. The molecule has 0 saturated carbocycles. The highest BCUT2D eigenvalue weighted by atomic mass is 16.5. The molecule has 1 aromatic rings. The van der Waals surface area contributed by atoms with Gasteiger partial charge in [-0.25, -0.2) is 4.79 Å². The molecule has 0 aliphatic rings. The van der Waals surface area contributed by atoms with Crippen molar-refractivity contribution in [1.29, 1.82) is 0 Å². The second-order valence-electron chi connectivity index (χ2n) is 4.63. The predicted octanol–water partition coefficient (Wildman–Crippen LogP) is 4.21. The second-order valence-corrected chi connectivity index (χ2v) is 4.63. The Hall–Kier alpha value is -1.51. The number of rotatable bonds is 9. The van der Waals surface area contributed by atoms with Crippen molar-refractivity contribution in [2.75, 3.05) is 13.7 Å². The zero-order chi connectivity index (χ0) is 13.9. The molecule has 0 heterocycles. The summed E-state index contributed by atoms with van der Waals surface area (Å²) in [6, 6.07) is 7.07. The van der Waals surface area contributed by atoms with Crippen LogP contribution in [0.2, 0.25) is 0 Å². The van der Waals surface area contributed by atoms with Crippen molar-refractivity contribution in [3.05, 3.63) is 29.8 Å². The summed E-state index contributed by atoms with van der Waals surface area (Å²) in [5.41, 5.74) is 0.550. The van der Waals surface area contributed by atoms with Gasteiger partial charge in [0.1, 0.15) is 5.75 Å². The first kappa shape index (κ1) is 15.5. The highest BCUT2D eigenvalue weighted by molar-refractivity contribution is 5.89. The Morgan fingerprint density at radius 3 is 2.26 bits per heavy atom. The van der Waals surface area contributed by atoms with E-state index in [2.05, 4.69) is 11.7 Å². The summed E-state index contributed by atoms with van der Waals surface area (Å²) >= 11 is 0. The van der Waals surface area contributed by atoms with Crippen molar-refractivity contribution >= 4 is 5.97 Å². The molecule has 0 aliphatic carbocycles. The van der Waals surface area contributed by atoms with Crippen LogP contribution in [0.4, 0.5) is 0 Å². The molecular formula is C16H24O3. The molecule has 0 N–H and O–H groups in total. The van der Waals surface area contributed by atoms with Crippen LogP contribution < -0.4 is 4.74 Å². The Bertz CT molecular complexity index is 357. The van der Waals surface area contributed by atoms with E-state index in [9.17, 15) is 4.79 Å². The average Bonchev–Trinajstić information content (AvgIpc) is 2.46. The third-order valence-corrected chi connectivity index (χ3v) is 3.04. The van der Waals surface area contributed by atoms with Crippen molar-refractivity contribution in [1.82, 2.24) is 0 Å². The van der Waals surface area contributed by atoms with Crippen molar-refractivity contribution in [3.8, 4) is 5.75 Å². The van der Waals surface area contributed by atoms with Gasteiger partial charge in [0.2, 0.25) is 0 Å². The summed E-state index contributed by atoms with van der Waals surface area (Å²) in [4.78, 5) is 11.2. The molecule has 106 valence electrons. The monoisotopic (exact) mass is 264 g/mol. The summed E-state index contributed by atoms with van der Waals surface area (Å²) in [6.07, 6.45) is 7.53. The summed E-state index contributed by atoms with van der Waals surface area (Å²) in [6.45, 7) is 2.96. The van der Waals surface area contributed by atoms with Gasteiger partial charge in [0.15, 0.2) is 0 Å². The van der Waals surface area contributed by atoms with Crippen LogP contribution in [0.5, 0.6) is 5.75 Å². The van der Waals surface area contributed by atoms with E-state index < -0.39 is 0 Å². The van der Waals surface area contributed by atoms with Crippen LogP contribution in [-0.2, 0) is 4.74 Å². The second kappa shape index (κ2) is 9.42. The summed E-state index contributed by atoms with van der Waals surface area (Å²) < 4.78 is 10.3. The molecule has 0 amide bonds. The normalized spacial score (nSPS) is 10.2. The lowest BCUT2D eigenvalue weighted by molar-refractivity contribution is 0.0600. The highest BCUT2D eigenvalue weighted by Crippen LogP contribution is 2.14. The van der Waals surface area contributed by atoms with Gasteiger partial charge in [-0.1, -0.05) is 39.0 Å². The van der Waals surface area contributed by atoms with Gasteiger partial charge in [-0.05, 0) is 30.7 Å². The number of hydrogen-bond donors (Lipinski definition) is 0.